The summed E-state index contributed by atoms with van der Waals surface area (Å²) in [6.07, 6.45) is 8.70. The van der Waals surface area contributed by atoms with Crippen molar-refractivity contribution < 1.29 is 4.57 Å². The summed E-state index contributed by atoms with van der Waals surface area (Å²) < 4.78 is 2.23. The second kappa shape index (κ2) is 4.80. The Morgan fingerprint density at radius 3 is 2.92 bits per heavy atom. The Balaban J connectivity index is 2.80. The quantitative estimate of drug-likeness (QED) is 0.621. The van der Waals surface area contributed by atoms with E-state index >= 15 is 0 Å². The number of hydrogen-bond acceptors (Lipinski definition) is 0. The molecule has 0 bridgehead atoms. The van der Waals surface area contributed by atoms with Crippen LogP contribution in [-0.2, 0) is 6.54 Å². The highest BCUT2D eigenvalue weighted by molar-refractivity contribution is 5.48. The lowest BCUT2D eigenvalue weighted by molar-refractivity contribution is -0.697. The number of pyridine rings is 1. The lowest BCUT2D eigenvalue weighted by Crippen LogP contribution is -2.33. The number of aryl methyl sites for hydroxylation is 2. The molecule has 0 amide bonds. The van der Waals surface area contributed by atoms with E-state index in [9.17, 15) is 0 Å². The van der Waals surface area contributed by atoms with E-state index in [1.54, 1.807) is 0 Å². The Hall–Kier alpha value is -1.11. The fraction of sp³-hybridized carbons (Fsp3) is 0.417. The van der Waals surface area contributed by atoms with Crippen molar-refractivity contribution in [1.29, 1.82) is 0 Å². The molecule has 0 aliphatic heterocycles. The molecule has 0 fully saturated rings. The lowest BCUT2D eigenvalue weighted by Gasteiger charge is -1.99. The maximum atomic E-state index is 3.80. The molecule has 1 aromatic heterocycles. The zero-order valence-electron chi connectivity index (χ0n) is 8.59. The normalized spacial score (nSPS) is 10.0. The first-order chi connectivity index (χ1) is 6.27. The van der Waals surface area contributed by atoms with E-state index in [2.05, 4.69) is 43.5 Å². The summed E-state index contributed by atoms with van der Waals surface area (Å²) in [5.41, 5.74) is 2.53. The summed E-state index contributed by atoms with van der Waals surface area (Å²) in [6, 6.07) is 2.15. The standard InChI is InChI=1S/C12H18N/c1-4-6-8-13-9-7-11(3)12(5-2)10-13/h5,7,9-10H,2,4,6,8H2,1,3H3/q+1. The number of unbranched alkanes of at least 4 members (excludes halogenated alkanes) is 1. The first-order valence-electron chi connectivity index (χ1n) is 4.90. The van der Waals surface area contributed by atoms with Crippen LogP contribution < -0.4 is 4.57 Å². The Morgan fingerprint density at radius 1 is 1.54 bits per heavy atom. The van der Waals surface area contributed by atoms with Crippen molar-refractivity contribution in [2.75, 3.05) is 0 Å². The fourth-order valence-corrected chi connectivity index (χ4v) is 1.32. The topological polar surface area (TPSA) is 3.88 Å². The number of aromatic nitrogens is 1. The van der Waals surface area contributed by atoms with Gasteiger partial charge >= 0.3 is 0 Å². The summed E-state index contributed by atoms with van der Waals surface area (Å²) in [6.45, 7) is 9.23. The summed E-state index contributed by atoms with van der Waals surface area (Å²) in [5.74, 6) is 0. The molecule has 1 heteroatoms. The number of hydrogen-bond donors (Lipinski definition) is 0. The van der Waals surface area contributed by atoms with Crippen molar-refractivity contribution in [3.63, 3.8) is 0 Å². The monoisotopic (exact) mass is 176 g/mol. The van der Waals surface area contributed by atoms with E-state index in [1.807, 2.05) is 6.08 Å². The Kier molecular flexibility index (Phi) is 3.69. The van der Waals surface area contributed by atoms with Crippen LogP contribution in [0, 0.1) is 6.92 Å². The lowest BCUT2D eigenvalue weighted by atomic mass is 10.1. The van der Waals surface area contributed by atoms with Crippen molar-refractivity contribution in [1.82, 2.24) is 0 Å². The van der Waals surface area contributed by atoms with E-state index in [0.717, 1.165) is 6.54 Å². The SMILES string of the molecule is C=Cc1c[n+](CCCC)ccc1C. The summed E-state index contributed by atoms with van der Waals surface area (Å²) in [5, 5.41) is 0. The van der Waals surface area contributed by atoms with Crippen molar-refractivity contribution in [2.45, 2.75) is 33.2 Å². The highest BCUT2D eigenvalue weighted by Crippen LogP contribution is 2.04. The van der Waals surface area contributed by atoms with E-state index in [4.69, 9.17) is 0 Å². The average molecular weight is 176 g/mol. The van der Waals surface area contributed by atoms with Crippen LogP contribution in [0.25, 0.3) is 6.08 Å². The van der Waals surface area contributed by atoms with Gasteiger partial charge in [0.05, 0.1) is 0 Å². The zero-order chi connectivity index (χ0) is 9.68. The Bertz CT molecular complexity index is 289. The van der Waals surface area contributed by atoms with Gasteiger partial charge in [0.25, 0.3) is 0 Å². The van der Waals surface area contributed by atoms with Crippen LogP contribution in [0.15, 0.2) is 25.0 Å². The molecule has 0 aliphatic carbocycles. The van der Waals surface area contributed by atoms with Crippen LogP contribution in [-0.4, -0.2) is 0 Å². The molecule has 0 saturated carbocycles. The molecule has 0 spiro atoms. The molecule has 1 nitrogen and oxygen atoms in total. The van der Waals surface area contributed by atoms with Gasteiger partial charge in [-0.05, 0) is 12.5 Å². The maximum Gasteiger partial charge on any atom is 0.176 e. The molecule has 0 atom stereocenters. The van der Waals surface area contributed by atoms with Crippen LogP contribution >= 0.6 is 0 Å². The number of rotatable bonds is 4. The minimum absolute atomic E-state index is 1.11. The molecule has 0 aliphatic rings. The molecule has 0 unspecified atom stereocenters. The fourth-order valence-electron chi connectivity index (χ4n) is 1.32. The van der Waals surface area contributed by atoms with Gasteiger partial charge in [-0.25, -0.2) is 4.57 Å². The minimum atomic E-state index is 1.11. The Labute approximate surface area is 80.7 Å². The largest absolute Gasteiger partial charge is 0.205 e. The van der Waals surface area contributed by atoms with Gasteiger partial charge in [-0.15, -0.1) is 0 Å². The van der Waals surface area contributed by atoms with Crippen LogP contribution in [0.1, 0.15) is 30.9 Å². The second-order valence-electron chi connectivity index (χ2n) is 3.38. The van der Waals surface area contributed by atoms with Gasteiger partial charge in [-0.3, -0.25) is 0 Å². The molecule has 0 N–H and O–H groups in total. The predicted molar refractivity (Wildman–Crippen MR) is 56.4 cm³/mol. The third kappa shape index (κ3) is 2.69. The maximum absolute atomic E-state index is 3.80. The van der Waals surface area contributed by atoms with Gasteiger partial charge in [0.15, 0.2) is 12.4 Å². The van der Waals surface area contributed by atoms with E-state index < -0.39 is 0 Å². The minimum Gasteiger partial charge on any atom is -0.205 e. The molecule has 70 valence electrons. The molecule has 1 rings (SSSR count). The molecular formula is C12H18N+. The highest BCUT2D eigenvalue weighted by Gasteiger charge is 2.02. The third-order valence-electron chi connectivity index (χ3n) is 2.27. The van der Waals surface area contributed by atoms with Gasteiger partial charge in [-0.1, -0.05) is 26.0 Å². The average Bonchev–Trinajstić information content (AvgIpc) is 2.16. The van der Waals surface area contributed by atoms with E-state index in [1.165, 1.54) is 24.0 Å². The van der Waals surface area contributed by atoms with Gasteiger partial charge in [0, 0.05) is 18.1 Å². The van der Waals surface area contributed by atoms with Crippen molar-refractivity contribution in [3.8, 4) is 0 Å². The first-order valence-corrected chi connectivity index (χ1v) is 4.90. The van der Waals surface area contributed by atoms with Crippen molar-refractivity contribution in [3.05, 3.63) is 36.2 Å². The molecule has 0 saturated heterocycles. The zero-order valence-corrected chi connectivity index (χ0v) is 8.59. The first kappa shape index (κ1) is 9.97. The molecule has 13 heavy (non-hydrogen) atoms. The van der Waals surface area contributed by atoms with Crippen LogP contribution in [0.3, 0.4) is 0 Å². The van der Waals surface area contributed by atoms with Gasteiger partial charge in [0.2, 0.25) is 0 Å². The molecule has 1 aromatic rings. The molecule has 0 aromatic carbocycles. The molecule has 1 heterocycles. The Morgan fingerprint density at radius 2 is 2.31 bits per heavy atom. The van der Waals surface area contributed by atoms with Crippen LogP contribution in [0.2, 0.25) is 0 Å². The molecule has 0 radical (unpaired) electrons. The van der Waals surface area contributed by atoms with Crippen LogP contribution in [0.4, 0.5) is 0 Å². The van der Waals surface area contributed by atoms with Crippen LogP contribution in [0.5, 0.6) is 0 Å². The van der Waals surface area contributed by atoms with Gasteiger partial charge in [0.1, 0.15) is 6.54 Å². The summed E-state index contributed by atoms with van der Waals surface area (Å²) in [7, 11) is 0. The third-order valence-corrected chi connectivity index (χ3v) is 2.27. The van der Waals surface area contributed by atoms with Crippen molar-refractivity contribution in [2.24, 2.45) is 0 Å². The highest BCUT2D eigenvalue weighted by atomic mass is 14.9. The van der Waals surface area contributed by atoms with E-state index in [0.29, 0.717) is 0 Å². The van der Waals surface area contributed by atoms with Gasteiger partial charge in [-0.2, -0.15) is 0 Å². The second-order valence-corrected chi connectivity index (χ2v) is 3.38. The molecular weight excluding hydrogens is 158 g/mol. The van der Waals surface area contributed by atoms with Gasteiger partial charge < -0.3 is 0 Å². The predicted octanol–water partition coefficient (Wildman–Crippen LogP) is 2.73. The smallest absolute Gasteiger partial charge is 0.176 e. The summed E-state index contributed by atoms with van der Waals surface area (Å²) >= 11 is 0. The van der Waals surface area contributed by atoms with E-state index in [-0.39, 0.29) is 0 Å². The summed E-state index contributed by atoms with van der Waals surface area (Å²) in [4.78, 5) is 0. The van der Waals surface area contributed by atoms with Crippen molar-refractivity contribution >= 4 is 6.08 Å². The number of nitrogens with zero attached hydrogens (tertiary/aromatic N) is 1.